The standard InChI is InChI=1S/C10H18N2S/c1-2-6-12(7-5-11)9-10-4-3-8-13-10/h3-4,8H,2,5-7,9,11H2,1H3. The first-order chi connectivity index (χ1) is 6.36. The lowest BCUT2D eigenvalue weighted by Crippen LogP contribution is -2.29. The minimum absolute atomic E-state index is 0.755. The Hall–Kier alpha value is -0.380. The second-order valence-electron chi connectivity index (χ2n) is 3.14. The maximum absolute atomic E-state index is 5.55. The Labute approximate surface area is 84.4 Å². The van der Waals surface area contributed by atoms with Gasteiger partial charge < -0.3 is 5.73 Å². The lowest BCUT2D eigenvalue weighted by Gasteiger charge is -2.19. The molecule has 3 heteroatoms. The Morgan fingerprint density at radius 1 is 1.46 bits per heavy atom. The van der Waals surface area contributed by atoms with E-state index >= 15 is 0 Å². The third-order valence-electron chi connectivity index (χ3n) is 1.94. The van der Waals surface area contributed by atoms with Crippen LogP contribution in [0.3, 0.4) is 0 Å². The predicted octanol–water partition coefficient (Wildman–Crippen LogP) is 1.92. The first kappa shape index (κ1) is 10.7. The number of nitrogens with two attached hydrogens (primary N) is 1. The van der Waals surface area contributed by atoms with Crippen LogP contribution in [-0.4, -0.2) is 24.5 Å². The van der Waals surface area contributed by atoms with Crippen molar-refractivity contribution in [2.24, 2.45) is 5.73 Å². The maximum Gasteiger partial charge on any atom is 0.0328 e. The molecule has 1 rings (SSSR count). The molecule has 1 aromatic rings. The van der Waals surface area contributed by atoms with Gasteiger partial charge in [-0.2, -0.15) is 0 Å². The van der Waals surface area contributed by atoms with Crippen LogP contribution in [0.2, 0.25) is 0 Å². The van der Waals surface area contributed by atoms with Crippen molar-refractivity contribution in [1.29, 1.82) is 0 Å². The van der Waals surface area contributed by atoms with Gasteiger partial charge in [0.1, 0.15) is 0 Å². The lowest BCUT2D eigenvalue weighted by atomic mass is 10.3. The molecule has 0 radical (unpaired) electrons. The highest BCUT2D eigenvalue weighted by Crippen LogP contribution is 2.11. The van der Waals surface area contributed by atoms with Gasteiger partial charge in [0.25, 0.3) is 0 Å². The predicted molar refractivity (Wildman–Crippen MR) is 58.9 cm³/mol. The van der Waals surface area contributed by atoms with Crippen molar-refractivity contribution in [3.8, 4) is 0 Å². The van der Waals surface area contributed by atoms with Crippen molar-refractivity contribution in [2.45, 2.75) is 19.9 Å². The van der Waals surface area contributed by atoms with E-state index in [4.69, 9.17) is 5.73 Å². The van der Waals surface area contributed by atoms with Crippen LogP contribution in [0, 0.1) is 0 Å². The highest BCUT2D eigenvalue weighted by atomic mass is 32.1. The summed E-state index contributed by atoms with van der Waals surface area (Å²) in [7, 11) is 0. The fourth-order valence-electron chi connectivity index (χ4n) is 1.39. The van der Waals surface area contributed by atoms with E-state index in [-0.39, 0.29) is 0 Å². The summed E-state index contributed by atoms with van der Waals surface area (Å²) in [5.41, 5.74) is 5.55. The van der Waals surface area contributed by atoms with Gasteiger partial charge in [-0.05, 0) is 24.4 Å². The molecule has 0 spiro atoms. The van der Waals surface area contributed by atoms with E-state index in [1.807, 2.05) is 11.3 Å². The van der Waals surface area contributed by atoms with Crippen LogP contribution in [0.4, 0.5) is 0 Å². The quantitative estimate of drug-likeness (QED) is 0.756. The lowest BCUT2D eigenvalue weighted by molar-refractivity contribution is 0.276. The Morgan fingerprint density at radius 2 is 2.31 bits per heavy atom. The average molecular weight is 198 g/mol. The Bertz CT molecular complexity index is 203. The number of rotatable bonds is 6. The molecule has 1 aromatic heterocycles. The van der Waals surface area contributed by atoms with Crippen molar-refractivity contribution >= 4 is 11.3 Å². The molecule has 2 nitrogen and oxygen atoms in total. The van der Waals surface area contributed by atoms with Gasteiger partial charge in [0.05, 0.1) is 0 Å². The Morgan fingerprint density at radius 3 is 2.85 bits per heavy atom. The molecule has 0 aliphatic rings. The summed E-state index contributed by atoms with van der Waals surface area (Å²) < 4.78 is 0. The van der Waals surface area contributed by atoms with Gasteiger partial charge in [0, 0.05) is 24.5 Å². The monoisotopic (exact) mass is 198 g/mol. The van der Waals surface area contributed by atoms with Crippen LogP contribution in [0.1, 0.15) is 18.2 Å². The third-order valence-corrected chi connectivity index (χ3v) is 2.81. The summed E-state index contributed by atoms with van der Waals surface area (Å²) in [6.45, 7) is 6.17. The normalized spacial score (nSPS) is 11.0. The summed E-state index contributed by atoms with van der Waals surface area (Å²) in [6.07, 6.45) is 1.20. The van der Waals surface area contributed by atoms with Crippen LogP contribution in [-0.2, 0) is 6.54 Å². The molecule has 0 amide bonds. The zero-order chi connectivity index (χ0) is 9.52. The largest absolute Gasteiger partial charge is 0.329 e. The van der Waals surface area contributed by atoms with E-state index in [0.717, 1.165) is 26.2 Å². The van der Waals surface area contributed by atoms with Gasteiger partial charge in [-0.3, -0.25) is 4.90 Å². The van der Waals surface area contributed by atoms with Crippen molar-refractivity contribution in [1.82, 2.24) is 4.90 Å². The molecule has 74 valence electrons. The molecule has 2 N–H and O–H groups in total. The van der Waals surface area contributed by atoms with E-state index in [9.17, 15) is 0 Å². The van der Waals surface area contributed by atoms with Gasteiger partial charge in [-0.1, -0.05) is 13.0 Å². The minimum atomic E-state index is 0.755. The zero-order valence-electron chi connectivity index (χ0n) is 8.20. The molecule has 0 saturated heterocycles. The summed E-state index contributed by atoms with van der Waals surface area (Å²) >= 11 is 1.82. The molecular formula is C10H18N2S. The summed E-state index contributed by atoms with van der Waals surface area (Å²) in [6, 6.07) is 4.29. The first-order valence-electron chi connectivity index (χ1n) is 4.81. The van der Waals surface area contributed by atoms with Crippen molar-refractivity contribution in [3.05, 3.63) is 22.4 Å². The maximum atomic E-state index is 5.55. The fourth-order valence-corrected chi connectivity index (χ4v) is 2.14. The van der Waals surface area contributed by atoms with Crippen LogP contribution in [0.15, 0.2) is 17.5 Å². The summed E-state index contributed by atoms with van der Waals surface area (Å²) in [5.74, 6) is 0. The van der Waals surface area contributed by atoms with Gasteiger partial charge in [0.15, 0.2) is 0 Å². The van der Waals surface area contributed by atoms with Gasteiger partial charge in [-0.25, -0.2) is 0 Å². The number of hydrogen-bond donors (Lipinski definition) is 1. The molecule has 0 aliphatic carbocycles. The number of nitrogens with zero attached hydrogens (tertiary/aromatic N) is 1. The fraction of sp³-hybridized carbons (Fsp3) is 0.600. The van der Waals surface area contributed by atoms with E-state index in [1.165, 1.54) is 11.3 Å². The Kier molecular flexibility index (Phi) is 5.05. The molecule has 13 heavy (non-hydrogen) atoms. The number of thiophene rings is 1. The molecule has 1 heterocycles. The van der Waals surface area contributed by atoms with Crippen LogP contribution >= 0.6 is 11.3 Å². The molecule has 0 aliphatic heterocycles. The molecule has 0 fully saturated rings. The second kappa shape index (κ2) is 6.13. The molecule has 0 atom stereocenters. The second-order valence-corrected chi connectivity index (χ2v) is 4.18. The first-order valence-corrected chi connectivity index (χ1v) is 5.69. The summed E-state index contributed by atoms with van der Waals surface area (Å²) in [4.78, 5) is 3.84. The van der Waals surface area contributed by atoms with Gasteiger partial charge in [0.2, 0.25) is 0 Å². The van der Waals surface area contributed by atoms with E-state index in [2.05, 4.69) is 29.3 Å². The highest BCUT2D eigenvalue weighted by Gasteiger charge is 2.03. The molecule has 0 aromatic carbocycles. The third kappa shape index (κ3) is 3.89. The average Bonchev–Trinajstić information content (AvgIpc) is 2.58. The highest BCUT2D eigenvalue weighted by molar-refractivity contribution is 7.09. The number of hydrogen-bond acceptors (Lipinski definition) is 3. The smallest absolute Gasteiger partial charge is 0.0328 e. The van der Waals surface area contributed by atoms with E-state index in [0.29, 0.717) is 0 Å². The molecule has 0 unspecified atom stereocenters. The zero-order valence-corrected chi connectivity index (χ0v) is 9.02. The topological polar surface area (TPSA) is 29.3 Å². The van der Waals surface area contributed by atoms with Crippen molar-refractivity contribution < 1.29 is 0 Å². The molecular weight excluding hydrogens is 180 g/mol. The van der Waals surface area contributed by atoms with Crippen LogP contribution in [0.5, 0.6) is 0 Å². The van der Waals surface area contributed by atoms with Gasteiger partial charge >= 0.3 is 0 Å². The summed E-state index contributed by atoms with van der Waals surface area (Å²) in [5, 5.41) is 2.13. The van der Waals surface area contributed by atoms with Crippen LogP contribution < -0.4 is 5.73 Å². The minimum Gasteiger partial charge on any atom is -0.329 e. The Balaban J connectivity index is 2.37. The van der Waals surface area contributed by atoms with Gasteiger partial charge in [-0.15, -0.1) is 11.3 Å². The van der Waals surface area contributed by atoms with Crippen LogP contribution in [0.25, 0.3) is 0 Å². The SMILES string of the molecule is CCCN(CCN)Cc1cccs1. The van der Waals surface area contributed by atoms with Crippen molar-refractivity contribution in [3.63, 3.8) is 0 Å². The van der Waals surface area contributed by atoms with E-state index in [1.54, 1.807) is 0 Å². The molecule has 0 bridgehead atoms. The van der Waals surface area contributed by atoms with Crippen molar-refractivity contribution in [2.75, 3.05) is 19.6 Å². The molecule has 0 saturated carbocycles. The van der Waals surface area contributed by atoms with E-state index < -0.39 is 0 Å².